The van der Waals surface area contributed by atoms with E-state index < -0.39 is 42.7 Å². The maximum Gasteiger partial charge on any atom is 0.333 e. The van der Waals surface area contributed by atoms with E-state index >= 15 is 0 Å². The third kappa shape index (κ3) is 20.3. The average Bonchev–Trinajstić information content (AvgIpc) is 2.85. The fourth-order valence-corrected chi connectivity index (χ4v) is 7.38. The molecule has 2 N–H and O–H groups in total. The number of hydrogen-bond donors (Lipinski definition) is 2. The third-order valence-electron chi connectivity index (χ3n) is 6.70. The van der Waals surface area contributed by atoms with E-state index in [-0.39, 0.29) is 11.9 Å². The van der Waals surface area contributed by atoms with Crippen molar-refractivity contribution in [1.82, 2.24) is 0 Å². The van der Waals surface area contributed by atoms with Crippen LogP contribution in [-0.4, -0.2) is 56.2 Å². The van der Waals surface area contributed by atoms with Gasteiger partial charge in [0.05, 0.1) is 24.1 Å². The Morgan fingerprint density at radius 2 is 1.30 bits per heavy atom. The Hall–Kier alpha value is -0.270. The summed E-state index contributed by atoms with van der Waals surface area (Å²) in [5, 5.41) is 9.34. The highest BCUT2D eigenvalue weighted by molar-refractivity contribution is 7.85. The zero-order valence-electron chi connectivity index (χ0n) is 24.2. The molecule has 0 aliphatic carbocycles. The minimum absolute atomic E-state index is 0.0824. The van der Waals surface area contributed by atoms with Crippen LogP contribution >= 0.6 is 7.60 Å². The molecule has 0 aliphatic heterocycles. The largest absolute Gasteiger partial charge is 0.479 e. The molecule has 0 rings (SSSR count). The Morgan fingerprint density at radius 1 is 0.811 bits per heavy atom. The first-order chi connectivity index (χ1) is 17.7. The third-order valence-corrected chi connectivity index (χ3v) is 10.1. The number of hydrogen-bond acceptors (Lipinski definition) is 5. The number of carbonyl (C=O) groups is 1. The van der Waals surface area contributed by atoms with Crippen molar-refractivity contribution in [3.8, 4) is 0 Å². The summed E-state index contributed by atoms with van der Waals surface area (Å²) in [5.41, 5.74) is 0. The predicted octanol–water partition coefficient (Wildman–Crippen LogP) is 7.86. The van der Waals surface area contributed by atoms with E-state index in [1.165, 1.54) is 57.8 Å². The highest BCUT2D eigenvalue weighted by Crippen LogP contribution is 2.43. The quantitative estimate of drug-likeness (QED) is 0.0766. The first-order valence-corrected chi connectivity index (χ1v) is 18.0. The number of carboxylic acids is 1. The minimum atomic E-state index is -4.09. The van der Waals surface area contributed by atoms with Crippen molar-refractivity contribution in [3.63, 3.8) is 0 Å². The maximum atomic E-state index is 13.3. The van der Waals surface area contributed by atoms with Crippen molar-refractivity contribution in [3.05, 3.63) is 0 Å². The zero-order valence-corrected chi connectivity index (χ0v) is 25.9. The normalized spacial score (nSPS) is 16.7. The molecule has 37 heavy (non-hydrogen) atoms. The van der Waals surface area contributed by atoms with Crippen LogP contribution in [0.1, 0.15) is 137 Å². The fourth-order valence-electron chi connectivity index (χ4n) is 4.43. The number of rotatable bonds is 27. The Bertz CT molecular complexity index is 632. The second kappa shape index (κ2) is 23.6. The topological polar surface area (TPSA) is 110 Å². The number of ether oxygens (including phenoxy) is 1. The van der Waals surface area contributed by atoms with Crippen LogP contribution in [0.3, 0.4) is 0 Å². The van der Waals surface area contributed by atoms with Crippen LogP contribution in [0, 0.1) is 0 Å². The lowest BCUT2D eigenvalue weighted by atomic mass is 10.1. The van der Waals surface area contributed by atoms with Gasteiger partial charge in [0.2, 0.25) is 0 Å². The van der Waals surface area contributed by atoms with Gasteiger partial charge in [0, 0.05) is 16.6 Å². The lowest BCUT2D eigenvalue weighted by molar-refractivity contribution is -0.152. The van der Waals surface area contributed by atoms with Crippen LogP contribution in [-0.2, 0) is 29.4 Å². The molecule has 222 valence electrons. The summed E-state index contributed by atoms with van der Waals surface area (Å²) in [7, 11) is -5.23. The Balaban J connectivity index is 4.90. The van der Waals surface area contributed by atoms with E-state index in [4.69, 9.17) is 9.26 Å². The molecule has 0 saturated carbocycles. The molecule has 0 bridgehead atoms. The second-order valence-corrected chi connectivity index (χ2v) is 14.0. The Morgan fingerprint density at radius 3 is 1.78 bits per heavy atom. The highest BCUT2D eigenvalue weighted by atomic mass is 32.2. The number of carboxylic acid groups (broad SMARTS) is 1. The van der Waals surface area contributed by atoms with E-state index in [9.17, 15) is 23.6 Å². The van der Waals surface area contributed by atoms with Gasteiger partial charge in [-0.25, -0.2) is 4.79 Å². The summed E-state index contributed by atoms with van der Waals surface area (Å²) in [6, 6.07) is 0. The highest BCUT2D eigenvalue weighted by Gasteiger charge is 2.34. The summed E-state index contributed by atoms with van der Waals surface area (Å²) >= 11 is 0. The van der Waals surface area contributed by atoms with Crippen molar-refractivity contribution in [2.75, 3.05) is 18.5 Å². The van der Waals surface area contributed by atoms with Gasteiger partial charge in [0.25, 0.3) is 0 Å². The van der Waals surface area contributed by atoms with E-state index in [1.807, 2.05) is 6.92 Å². The molecule has 0 aromatic rings. The van der Waals surface area contributed by atoms with Gasteiger partial charge in [-0.15, -0.1) is 0 Å². The summed E-state index contributed by atoms with van der Waals surface area (Å²) < 4.78 is 36.4. The van der Waals surface area contributed by atoms with Crippen LogP contribution < -0.4 is 0 Å². The molecule has 5 unspecified atom stereocenters. The van der Waals surface area contributed by atoms with Gasteiger partial charge in [-0.2, -0.15) is 0 Å². The summed E-state index contributed by atoms with van der Waals surface area (Å²) in [6.45, 7) is 8.05. The molecule has 0 aliphatic rings. The van der Waals surface area contributed by atoms with Crippen LogP contribution in [0.4, 0.5) is 0 Å². The van der Waals surface area contributed by atoms with Gasteiger partial charge in [-0.3, -0.25) is 8.77 Å². The first-order valence-electron chi connectivity index (χ1n) is 14.9. The molecule has 0 amide bonds. The molecule has 0 aromatic carbocycles. The molecule has 7 nitrogen and oxygen atoms in total. The van der Waals surface area contributed by atoms with Gasteiger partial charge >= 0.3 is 13.6 Å². The molecule has 0 saturated heterocycles. The van der Waals surface area contributed by atoms with Gasteiger partial charge in [0.1, 0.15) is 0 Å². The monoisotopic (exact) mass is 568 g/mol. The molecule has 5 atom stereocenters. The minimum Gasteiger partial charge on any atom is -0.479 e. The zero-order chi connectivity index (χ0) is 27.9. The fraction of sp³-hybridized carbons (Fsp3) is 0.964. The molecule has 0 heterocycles. The Kier molecular flexibility index (Phi) is 23.4. The molecule has 0 fully saturated rings. The van der Waals surface area contributed by atoms with Crippen molar-refractivity contribution in [1.29, 1.82) is 0 Å². The van der Waals surface area contributed by atoms with Crippen LogP contribution in [0.5, 0.6) is 0 Å². The van der Waals surface area contributed by atoms with Crippen molar-refractivity contribution >= 4 is 24.4 Å². The Labute approximate surface area is 229 Å². The van der Waals surface area contributed by atoms with Crippen LogP contribution in [0.25, 0.3) is 0 Å². The van der Waals surface area contributed by atoms with Crippen molar-refractivity contribution in [2.45, 2.75) is 154 Å². The van der Waals surface area contributed by atoms with Crippen molar-refractivity contribution in [2.24, 2.45) is 0 Å². The summed E-state index contributed by atoms with van der Waals surface area (Å²) in [4.78, 5) is 21.9. The van der Waals surface area contributed by atoms with E-state index in [1.54, 1.807) is 6.92 Å². The van der Waals surface area contributed by atoms with Gasteiger partial charge < -0.3 is 19.3 Å². The summed E-state index contributed by atoms with van der Waals surface area (Å²) in [5.74, 6) is -0.718. The maximum absolute atomic E-state index is 13.3. The molecule has 0 spiro atoms. The number of unbranched alkanes of at least 4 members (excludes halogenated alkanes) is 13. The first kappa shape index (κ1) is 36.7. The van der Waals surface area contributed by atoms with Crippen LogP contribution in [0.15, 0.2) is 0 Å². The predicted molar refractivity (Wildman–Crippen MR) is 155 cm³/mol. The van der Waals surface area contributed by atoms with Gasteiger partial charge in [-0.05, 0) is 26.2 Å². The number of aliphatic carboxylic acids is 1. The lowest BCUT2D eigenvalue weighted by Crippen LogP contribution is -2.39. The van der Waals surface area contributed by atoms with E-state index in [2.05, 4.69) is 13.8 Å². The van der Waals surface area contributed by atoms with Gasteiger partial charge in [-0.1, -0.05) is 111 Å². The molecule has 9 heteroatoms. The second-order valence-electron chi connectivity index (χ2n) is 10.3. The van der Waals surface area contributed by atoms with Gasteiger partial charge in [0.15, 0.2) is 6.10 Å². The molecular weight excluding hydrogens is 511 g/mol. The summed E-state index contributed by atoms with van der Waals surface area (Å²) in [6.07, 6.45) is 16.0. The molecular formula is C28H57O7PS. The van der Waals surface area contributed by atoms with E-state index in [0.717, 1.165) is 38.5 Å². The van der Waals surface area contributed by atoms with E-state index in [0.29, 0.717) is 18.6 Å². The lowest BCUT2D eigenvalue weighted by Gasteiger charge is -2.27. The molecule has 0 aromatic heterocycles. The standard InChI is InChI=1S/C28H57O7PS/c1-5-8-10-12-14-15-16-18-20-23-37(33)27(21-19-17-13-11-9-6-2)25(4)35-26(28(29)30)24-36(31,32)34-22-7-3/h25-27H,5-24H2,1-4H3,(H,29,30)(H,31,32). The average molecular weight is 569 g/mol. The molecule has 0 radical (unpaired) electrons. The smallest absolute Gasteiger partial charge is 0.333 e. The van der Waals surface area contributed by atoms with Crippen LogP contribution in [0.2, 0.25) is 0 Å². The van der Waals surface area contributed by atoms with Crippen molar-refractivity contribution < 1.29 is 32.8 Å². The SMILES string of the molecule is CCCCCCCCCCCS(=O)C(CCCCCCCC)C(C)OC(CP(=O)(O)OCCC)C(=O)O.